The standard InChI is InChI=1S/C16H14N2O3S/c1-11-6-8-12(9-7-11)22(19,20)21-15-10-18-16(17)14-5-3-2-4-13(14)15/h2-10H,1H3,(H2,17,18). The first kappa shape index (κ1) is 14.3. The third-order valence-electron chi connectivity index (χ3n) is 3.30. The minimum absolute atomic E-state index is 0.0963. The fourth-order valence-electron chi connectivity index (χ4n) is 2.13. The second-order valence-corrected chi connectivity index (χ2v) is 6.45. The molecule has 1 aromatic heterocycles. The summed E-state index contributed by atoms with van der Waals surface area (Å²) in [5, 5.41) is 1.25. The minimum Gasteiger partial charge on any atom is -0.383 e. The lowest BCUT2D eigenvalue weighted by Crippen LogP contribution is -2.10. The molecular formula is C16H14N2O3S. The molecule has 0 unspecified atom stereocenters. The number of benzene rings is 2. The highest BCUT2D eigenvalue weighted by Gasteiger charge is 2.18. The number of anilines is 1. The summed E-state index contributed by atoms with van der Waals surface area (Å²) < 4.78 is 30.0. The average molecular weight is 314 g/mol. The van der Waals surface area contributed by atoms with Gasteiger partial charge >= 0.3 is 10.1 Å². The monoisotopic (exact) mass is 314 g/mol. The maximum atomic E-state index is 12.4. The molecule has 5 nitrogen and oxygen atoms in total. The molecule has 0 spiro atoms. The van der Waals surface area contributed by atoms with Crippen LogP contribution in [0.1, 0.15) is 5.56 Å². The summed E-state index contributed by atoms with van der Waals surface area (Å²) in [5.41, 5.74) is 6.77. The zero-order valence-electron chi connectivity index (χ0n) is 11.9. The zero-order valence-corrected chi connectivity index (χ0v) is 12.7. The van der Waals surface area contributed by atoms with Crippen molar-refractivity contribution in [3.05, 3.63) is 60.3 Å². The molecule has 0 radical (unpaired) electrons. The predicted molar refractivity (Wildman–Crippen MR) is 85.1 cm³/mol. The lowest BCUT2D eigenvalue weighted by atomic mass is 10.1. The summed E-state index contributed by atoms with van der Waals surface area (Å²) in [6.45, 7) is 1.88. The van der Waals surface area contributed by atoms with Gasteiger partial charge in [0.25, 0.3) is 0 Å². The molecule has 0 aliphatic carbocycles. The number of aromatic nitrogens is 1. The lowest BCUT2D eigenvalue weighted by Gasteiger charge is -2.10. The Morgan fingerprint density at radius 2 is 1.64 bits per heavy atom. The van der Waals surface area contributed by atoms with Crippen LogP contribution in [0.15, 0.2) is 59.6 Å². The lowest BCUT2D eigenvalue weighted by molar-refractivity contribution is 0.487. The molecule has 0 saturated carbocycles. The van der Waals surface area contributed by atoms with Gasteiger partial charge in [-0.1, -0.05) is 42.0 Å². The van der Waals surface area contributed by atoms with Crippen LogP contribution in [0.2, 0.25) is 0 Å². The average Bonchev–Trinajstić information content (AvgIpc) is 2.51. The fraction of sp³-hybridized carbons (Fsp3) is 0.0625. The van der Waals surface area contributed by atoms with E-state index >= 15 is 0 Å². The molecule has 0 atom stereocenters. The second kappa shape index (κ2) is 5.31. The Morgan fingerprint density at radius 1 is 1.00 bits per heavy atom. The van der Waals surface area contributed by atoms with E-state index in [1.165, 1.54) is 18.3 Å². The van der Waals surface area contributed by atoms with E-state index in [4.69, 9.17) is 9.92 Å². The van der Waals surface area contributed by atoms with Crippen LogP contribution in [0.25, 0.3) is 10.8 Å². The Bertz CT molecular complexity index is 935. The Balaban J connectivity index is 2.06. The van der Waals surface area contributed by atoms with Gasteiger partial charge in [0.2, 0.25) is 0 Å². The molecule has 0 aliphatic heterocycles. The highest BCUT2D eigenvalue weighted by Crippen LogP contribution is 2.30. The smallest absolute Gasteiger partial charge is 0.339 e. The fourth-order valence-corrected chi connectivity index (χ4v) is 3.06. The van der Waals surface area contributed by atoms with Crippen LogP contribution in [-0.4, -0.2) is 13.4 Å². The molecule has 1 heterocycles. The number of hydrogen-bond donors (Lipinski definition) is 1. The zero-order chi connectivity index (χ0) is 15.7. The molecule has 2 aromatic carbocycles. The van der Waals surface area contributed by atoms with E-state index in [2.05, 4.69) is 4.98 Å². The van der Waals surface area contributed by atoms with Crippen LogP contribution in [-0.2, 0) is 10.1 Å². The van der Waals surface area contributed by atoms with Crippen molar-refractivity contribution < 1.29 is 12.6 Å². The van der Waals surface area contributed by atoms with E-state index in [0.717, 1.165) is 5.56 Å². The number of pyridine rings is 1. The summed E-state index contributed by atoms with van der Waals surface area (Å²) in [7, 11) is -3.92. The Morgan fingerprint density at radius 3 is 2.32 bits per heavy atom. The number of rotatable bonds is 3. The van der Waals surface area contributed by atoms with E-state index in [0.29, 0.717) is 16.6 Å². The molecule has 0 fully saturated rings. The molecule has 6 heteroatoms. The van der Waals surface area contributed by atoms with Gasteiger partial charge in [0, 0.05) is 10.8 Å². The van der Waals surface area contributed by atoms with Gasteiger partial charge in [0.05, 0.1) is 6.20 Å². The van der Waals surface area contributed by atoms with E-state index < -0.39 is 10.1 Å². The number of nitrogens with two attached hydrogens (primary N) is 1. The van der Waals surface area contributed by atoms with Crippen molar-refractivity contribution in [2.75, 3.05) is 5.73 Å². The molecule has 112 valence electrons. The van der Waals surface area contributed by atoms with Crippen molar-refractivity contribution in [3.8, 4) is 5.75 Å². The van der Waals surface area contributed by atoms with Crippen LogP contribution in [0, 0.1) is 6.92 Å². The largest absolute Gasteiger partial charge is 0.383 e. The SMILES string of the molecule is Cc1ccc(S(=O)(=O)Oc2cnc(N)c3ccccc23)cc1. The third-order valence-corrected chi connectivity index (χ3v) is 4.55. The first-order valence-corrected chi connectivity index (χ1v) is 8.02. The molecule has 0 aliphatic rings. The van der Waals surface area contributed by atoms with Gasteiger partial charge in [-0.25, -0.2) is 4.98 Å². The second-order valence-electron chi connectivity index (χ2n) is 4.90. The summed E-state index contributed by atoms with van der Waals surface area (Å²) in [6.07, 6.45) is 1.32. The molecule has 2 N–H and O–H groups in total. The molecule has 22 heavy (non-hydrogen) atoms. The molecule has 0 amide bonds. The van der Waals surface area contributed by atoms with Crippen LogP contribution in [0.3, 0.4) is 0 Å². The number of nitrogen functional groups attached to an aromatic ring is 1. The maximum Gasteiger partial charge on any atom is 0.339 e. The number of aryl methyl sites for hydroxylation is 1. The van der Waals surface area contributed by atoms with Crippen LogP contribution in [0.5, 0.6) is 5.75 Å². The maximum absolute atomic E-state index is 12.4. The van der Waals surface area contributed by atoms with E-state index in [9.17, 15) is 8.42 Å². The van der Waals surface area contributed by atoms with Crippen molar-refractivity contribution in [2.45, 2.75) is 11.8 Å². The van der Waals surface area contributed by atoms with Gasteiger partial charge in [-0.05, 0) is 19.1 Å². The van der Waals surface area contributed by atoms with Crippen molar-refractivity contribution >= 4 is 26.7 Å². The first-order valence-electron chi connectivity index (χ1n) is 6.62. The van der Waals surface area contributed by atoms with Gasteiger partial charge in [0.15, 0.2) is 5.75 Å². The predicted octanol–water partition coefficient (Wildman–Crippen LogP) is 2.89. The first-order chi connectivity index (χ1) is 10.5. The Labute approximate surface area is 128 Å². The van der Waals surface area contributed by atoms with Crippen molar-refractivity contribution in [3.63, 3.8) is 0 Å². The molecular weight excluding hydrogens is 300 g/mol. The van der Waals surface area contributed by atoms with Crippen LogP contribution < -0.4 is 9.92 Å². The number of nitrogens with zero attached hydrogens (tertiary/aromatic N) is 1. The van der Waals surface area contributed by atoms with Gasteiger partial charge in [-0.3, -0.25) is 0 Å². The van der Waals surface area contributed by atoms with Crippen LogP contribution in [0.4, 0.5) is 5.82 Å². The Kier molecular flexibility index (Phi) is 3.46. The topological polar surface area (TPSA) is 82.3 Å². The van der Waals surface area contributed by atoms with E-state index in [-0.39, 0.29) is 10.6 Å². The van der Waals surface area contributed by atoms with Gasteiger partial charge in [-0.2, -0.15) is 8.42 Å². The normalized spacial score (nSPS) is 11.5. The van der Waals surface area contributed by atoms with Crippen molar-refractivity contribution in [1.82, 2.24) is 4.98 Å². The highest BCUT2D eigenvalue weighted by atomic mass is 32.2. The summed E-state index contributed by atoms with van der Waals surface area (Å²) in [5.74, 6) is 0.487. The Hall–Kier alpha value is -2.60. The summed E-state index contributed by atoms with van der Waals surface area (Å²) >= 11 is 0. The van der Waals surface area contributed by atoms with E-state index in [1.54, 1.807) is 36.4 Å². The number of fused-ring (bicyclic) bond motifs is 1. The molecule has 3 rings (SSSR count). The van der Waals surface area contributed by atoms with Gasteiger partial charge in [-0.15, -0.1) is 0 Å². The molecule has 0 bridgehead atoms. The van der Waals surface area contributed by atoms with Crippen LogP contribution >= 0.6 is 0 Å². The quantitative estimate of drug-likeness (QED) is 0.752. The summed E-state index contributed by atoms with van der Waals surface area (Å²) in [6, 6.07) is 13.6. The molecule has 0 saturated heterocycles. The molecule has 3 aromatic rings. The van der Waals surface area contributed by atoms with Gasteiger partial charge < -0.3 is 9.92 Å². The van der Waals surface area contributed by atoms with Crippen molar-refractivity contribution in [2.24, 2.45) is 0 Å². The minimum atomic E-state index is -3.92. The van der Waals surface area contributed by atoms with E-state index in [1.807, 2.05) is 6.92 Å². The summed E-state index contributed by atoms with van der Waals surface area (Å²) in [4.78, 5) is 4.08. The highest BCUT2D eigenvalue weighted by molar-refractivity contribution is 7.87. The third kappa shape index (κ3) is 2.60. The van der Waals surface area contributed by atoms with Crippen molar-refractivity contribution in [1.29, 1.82) is 0 Å². The number of hydrogen-bond acceptors (Lipinski definition) is 5. The van der Waals surface area contributed by atoms with Gasteiger partial charge in [0.1, 0.15) is 10.7 Å².